The summed E-state index contributed by atoms with van der Waals surface area (Å²) in [4.78, 5) is 18.2. The number of nitrogens with one attached hydrogen (secondary N) is 2. The summed E-state index contributed by atoms with van der Waals surface area (Å²) in [6, 6.07) is 4.64. The second-order valence-electron chi connectivity index (χ2n) is 5.98. The Bertz CT molecular complexity index is 1010. The molecule has 4 rings (SSSR count). The van der Waals surface area contributed by atoms with Crippen LogP contribution in [0.5, 0.6) is 0 Å². The van der Waals surface area contributed by atoms with Crippen LogP contribution >= 0.6 is 0 Å². The topological polar surface area (TPSA) is 83.8 Å². The van der Waals surface area contributed by atoms with Gasteiger partial charge in [-0.15, -0.1) is 0 Å². The van der Waals surface area contributed by atoms with E-state index in [-0.39, 0.29) is 5.82 Å². The number of aryl methyl sites for hydroxylation is 1. The number of hydrogen-bond donors (Lipinski definition) is 2. The second-order valence-corrected chi connectivity index (χ2v) is 5.98. The summed E-state index contributed by atoms with van der Waals surface area (Å²) in [5.74, 6) is -0.0401. The summed E-state index contributed by atoms with van der Waals surface area (Å²) in [5.41, 5.74) is 2.37. The Morgan fingerprint density at radius 2 is 1.92 bits per heavy atom. The molecule has 6 nitrogen and oxygen atoms in total. The van der Waals surface area contributed by atoms with Crippen LogP contribution in [0, 0.1) is 0 Å². The van der Waals surface area contributed by atoms with Crippen LogP contribution in [0.4, 0.5) is 24.7 Å². The largest absolute Gasteiger partial charge is 0.439 e. The highest BCUT2D eigenvalue weighted by Gasteiger charge is 2.30. The Morgan fingerprint density at radius 3 is 2.58 bits per heavy atom. The number of H-pyrrole nitrogens is 1. The number of pyridine rings is 1. The van der Waals surface area contributed by atoms with Gasteiger partial charge >= 0.3 is 11.9 Å². The lowest BCUT2D eigenvalue weighted by molar-refractivity contribution is -0.137. The van der Waals surface area contributed by atoms with E-state index in [4.69, 9.17) is 0 Å². The molecule has 0 amide bonds. The van der Waals surface area contributed by atoms with Crippen molar-refractivity contribution in [1.29, 1.82) is 0 Å². The minimum absolute atomic E-state index is 0.246. The summed E-state index contributed by atoms with van der Waals surface area (Å²) in [6.07, 6.45) is -0.0380. The Morgan fingerprint density at radius 1 is 1.15 bits per heavy atom. The smallest absolute Gasteiger partial charge is 0.340 e. The third kappa shape index (κ3) is 2.96. The maximum absolute atomic E-state index is 12.7. The predicted molar refractivity (Wildman–Crippen MR) is 87.1 cm³/mol. The van der Waals surface area contributed by atoms with Gasteiger partial charge in [0, 0.05) is 11.9 Å². The molecule has 2 N–H and O–H groups in total. The van der Waals surface area contributed by atoms with Gasteiger partial charge in [0.1, 0.15) is 5.82 Å². The van der Waals surface area contributed by atoms with Crippen LogP contribution in [0.15, 0.2) is 39.8 Å². The molecule has 1 aromatic carbocycles. The molecule has 9 heteroatoms. The molecule has 1 aliphatic carbocycles. The van der Waals surface area contributed by atoms with E-state index in [1.165, 1.54) is 12.1 Å². The summed E-state index contributed by atoms with van der Waals surface area (Å²) >= 11 is 0. The molecule has 0 aliphatic heterocycles. The van der Waals surface area contributed by atoms with Gasteiger partial charge in [0.15, 0.2) is 5.82 Å². The highest BCUT2D eigenvalue weighted by Crippen LogP contribution is 2.36. The zero-order valence-corrected chi connectivity index (χ0v) is 13.4. The van der Waals surface area contributed by atoms with Crippen LogP contribution in [0.3, 0.4) is 0 Å². The fourth-order valence-electron chi connectivity index (χ4n) is 3.11. The molecule has 2 aromatic heterocycles. The molecule has 0 fully saturated rings. The average Bonchev–Trinajstić information content (AvgIpc) is 3.23. The van der Waals surface area contributed by atoms with Crippen molar-refractivity contribution in [2.24, 2.45) is 0 Å². The van der Waals surface area contributed by atoms with Crippen LogP contribution in [0.25, 0.3) is 11.4 Å². The SMILES string of the molecule is O=c1[nH]c(-c2c(Nc3ccc(C(F)(F)F)cc3)ncc3c2CCC3)no1. The van der Waals surface area contributed by atoms with E-state index < -0.39 is 17.5 Å². The molecule has 0 spiro atoms. The van der Waals surface area contributed by atoms with E-state index in [9.17, 15) is 18.0 Å². The molecule has 26 heavy (non-hydrogen) atoms. The van der Waals surface area contributed by atoms with Crippen molar-refractivity contribution in [3.8, 4) is 11.4 Å². The van der Waals surface area contributed by atoms with Crippen LogP contribution in [0.1, 0.15) is 23.1 Å². The van der Waals surface area contributed by atoms with Crippen LogP contribution in [0.2, 0.25) is 0 Å². The molecule has 2 heterocycles. The molecule has 134 valence electrons. The lowest BCUT2D eigenvalue weighted by atomic mass is 10.0. The van der Waals surface area contributed by atoms with Crippen molar-refractivity contribution < 1.29 is 17.7 Å². The first kappa shape index (κ1) is 16.4. The molecule has 0 unspecified atom stereocenters. The maximum atomic E-state index is 12.7. The quantitative estimate of drug-likeness (QED) is 0.743. The summed E-state index contributed by atoms with van der Waals surface area (Å²) < 4.78 is 42.7. The van der Waals surface area contributed by atoms with Gasteiger partial charge in [-0.2, -0.15) is 13.2 Å². The highest BCUT2D eigenvalue weighted by molar-refractivity contribution is 5.78. The van der Waals surface area contributed by atoms with Crippen molar-refractivity contribution in [1.82, 2.24) is 15.1 Å². The summed E-state index contributed by atoms with van der Waals surface area (Å²) in [6.45, 7) is 0. The molecule has 0 saturated carbocycles. The first-order chi connectivity index (χ1) is 12.4. The van der Waals surface area contributed by atoms with Gasteiger partial charge in [0.25, 0.3) is 0 Å². The van der Waals surface area contributed by atoms with E-state index in [1.54, 1.807) is 6.20 Å². The van der Waals surface area contributed by atoms with Gasteiger partial charge in [0.05, 0.1) is 11.1 Å². The minimum atomic E-state index is -4.39. The number of benzene rings is 1. The van der Waals surface area contributed by atoms with Crippen LogP contribution in [-0.2, 0) is 19.0 Å². The number of anilines is 2. The number of fused-ring (bicyclic) bond motifs is 1. The lowest BCUT2D eigenvalue weighted by Crippen LogP contribution is -2.05. The van der Waals surface area contributed by atoms with E-state index in [1.807, 2.05) is 0 Å². The molecular formula is C17H13F3N4O2. The van der Waals surface area contributed by atoms with Crippen molar-refractivity contribution in [2.75, 3.05) is 5.32 Å². The number of aromatic amines is 1. The standard InChI is InChI=1S/C17H13F3N4O2/c18-17(19,20)10-4-6-11(7-5-10)22-14-13(15-23-16(25)26-24-15)12-3-1-2-9(12)8-21-14/h4-8H,1-3H2,(H,21,22)(H,23,24,25). The Labute approximate surface area is 145 Å². The monoisotopic (exact) mass is 362 g/mol. The van der Waals surface area contributed by atoms with Crippen LogP contribution < -0.4 is 11.1 Å². The second kappa shape index (κ2) is 6.01. The molecule has 0 saturated heterocycles. The first-order valence-corrected chi connectivity index (χ1v) is 7.93. The Balaban J connectivity index is 1.74. The molecule has 0 atom stereocenters. The number of hydrogen-bond acceptors (Lipinski definition) is 5. The third-order valence-electron chi connectivity index (χ3n) is 4.30. The van der Waals surface area contributed by atoms with Crippen molar-refractivity contribution in [3.05, 3.63) is 57.7 Å². The third-order valence-corrected chi connectivity index (χ3v) is 4.30. The zero-order valence-electron chi connectivity index (χ0n) is 13.4. The fraction of sp³-hybridized carbons (Fsp3) is 0.235. The first-order valence-electron chi connectivity index (χ1n) is 7.93. The summed E-state index contributed by atoms with van der Waals surface area (Å²) in [7, 11) is 0. The van der Waals surface area contributed by atoms with E-state index >= 15 is 0 Å². The number of alkyl halides is 3. The Hall–Kier alpha value is -3.10. The van der Waals surface area contributed by atoms with Crippen molar-refractivity contribution in [2.45, 2.75) is 25.4 Å². The Kier molecular flexibility index (Phi) is 3.78. The van der Waals surface area contributed by atoms with E-state index in [0.717, 1.165) is 42.5 Å². The van der Waals surface area contributed by atoms with Gasteiger partial charge in [-0.05, 0) is 54.7 Å². The maximum Gasteiger partial charge on any atom is 0.439 e. The average molecular weight is 362 g/mol. The molecule has 0 bridgehead atoms. The zero-order chi connectivity index (χ0) is 18.3. The van der Waals surface area contributed by atoms with E-state index in [0.29, 0.717) is 17.1 Å². The van der Waals surface area contributed by atoms with Gasteiger partial charge in [-0.3, -0.25) is 9.51 Å². The number of nitrogens with zero attached hydrogens (tertiary/aromatic N) is 2. The fourth-order valence-corrected chi connectivity index (χ4v) is 3.11. The summed E-state index contributed by atoms with van der Waals surface area (Å²) in [5, 5.41) is 6.75. The van der Waals surface area contributed by atoms with Crippen molar-refractivity contribution in [3.63, 3.8) is 0 Å². The molecule has 0 radical (unpaired) electrons. The van der Waals surface area contributed by atoms with Gasteiger partial charge in [-0.1, -0.05) is 5.16 Å². The molecule has 1 aliphatic rings. The van der Waals surface area contributed by atoms with E-state index in [2.05, 4.69) is 25.0 Å². The molecular weight excluding hydrogens is 349 g/mol. The van der Waals surface area contributed by atoms with Gasteiger partial charge in [0.2, 0.25) is 0 Å². The van der Waals surface area contributed by atoms with Gasteiger partial charge in [-0.25, -0.2) is 9.78 Å². The molecule has 3 aromatic rings. The highest BCUT2D eigenvalue weighted by atomic mass is 19.4. The van der Waals surface area contributed by atoms with Crippen LogP contribution in [-0.4, -0.2) is 15.1 Å². The van der Waals surface area contributed by atoms with Gasteiger partial charge < -0.3 is 5.32 Å². The minimum Gasteiger partial charge on any atom is -0.340 e. The normalized spacial score (nSPS) is 13.7. The number of aromatic nitrogens is 3. The number of rotatable bonds is 3. The van der Waals surface area contributed by atoms with Crippen molar-refractivity contribution >= 4 is 11.5 Å². The number of halogens is 3. The lowest BCUT2D eigenvalue weighted by Gasteiger charge is -2.14. The predicted octanol–water partition coefficient (Wildman–Crippen LogP) is 3.68.